The third kappa shape index (κ3) is 6.62. The molecule has 6 nitrogen and oxygen atoms in total. The van der Waals surface area contributed by atoms with Crippen LogP contribution in [-0.4, -0.2) is 62.2 Å². The van der Waals surface area contributed by atoms with Crippen molar-refractivity contribution in [3.63, 3.8) is 0 Å². The van der Waals surface area contributed by atoms with E-state index in [1.165, 1.54) is 0 Å². The normalized spacial score (nSPS) is 21.4. The van der Waals surface area contributed by atoms with Crippen molar-refractivity contribution in [3.05, 3.63) is 23.9 Å². The van der Waals surface area contributed by atoms with E-state index in [9.17, 15) is 0 Å². The Bertz CT molecular complexity index is 548. The number of piperidine rings is 1. The SMILES string of the molecule is CCN1CCC(NC(=NC)NCc2cccc(N(C)C)n2)CC1C.I. The third-order valence-corrected chi connectivity index (χ3v) is 4.67. The Morgan fingerprint density at radius 3 is 2.76 bits per heavy atom. The summed E-state index contributed by atoms with van der Waals surface area (Å²) < 4.78 is 0. The number of halogens is 1. The van der Waals surface area contributed by atoms with Crippen molar-refractivity contribution >= 4 is 35.8 Å². The molecule has 0 amide bonds. The van der Waals surface area contributed by atoms with Gasteiger partial charge in [-0.25, -0.2) is 4.98 Å². The highest BCUT2D eigenvalue weighted by atomic mass is 127. The molecular weight excluding hydrogens is 427 g/mol. The van der Waals surface area contributed by atoms with E-state index in [-0.39, 0.29) is 24.0 Å². The van der Waals surface area contributed by atoms with Crippen molar-refractivity contribution in [1.29, 1.82) is 0 Å². The number of rotatable bonds is 5. The maximum Gasteiger partial charge on any atom is 0.191 e. The molecule has 2 N–H and O–H groups in total. The molecule has 7 heteroatoms. The molecule has 0 spiro atoms. The zero-order valence-corrected chi connectivity index (χ0v) is 18.4. The van der Waals surface area contributed by atoms with E-state index < -0.39 is 0 Å². The number of likely N-dealkylation sites (tertiary alicyclic amines) is 1. The lowest BCUT2D eigenvalue weighted by Crippen LogP contribution is -2.51. The largest absolute Gasteiger partial charge is 0.363 e. The lowest BCUT2D eigenvalue weighted by molar-refractivity contribution is 0.149. The summed E-state index contributed by atoms with van der Waals surface area (Å²) >= 11 is 0. The molecule has 2 heterocycles. The first-order valence-electron chi connectivity index (χ1n) is 8.88. The fourth-order valence-electron chi connectivity index (χ4n) is 3.20. The first-order valence-corrected chi connectivity index (χ1v) is 8.88. The smallest absolute Gasteiger partial charge is 0.191 e. The fourth-order valence-corrected chi connectivity index (χ4v) is 3.20. The van der Waals surface area contributed by atoms with Crippen molar-refractivity contribution in [2.75, 3.05) is 39.1 Å². The Balaban J connectivity index is 0.00000312. The van der Waals surface area contributed by atoms with Crippen molar-refractivity contribution in [2.24, 2.45) is 4.99 Å². The molecule has 1 aliphatic rings. The first kappa shape index (κ1) is 22.0. The van der Waals surface area contributed by atoms with Gasteiger partial charge in [-0.2, -0.15) is 0 Å². The van der Waals surface area contributed by atoms with Gasteiger partial charge < -0.3 is 20.4 Å². The van der Waals surface area contributed by atoms with Gasteiger partial charge >= 0.3 is 0 Å². The van der Waals surface area contributed by atoms with E-state index >= 15 is 0 Å². The molecule has 2 atom stereocenters. The summed E-state index contributed by atoms with van der Waals surface area (Å²) in [6.07, 6.45) is 2.32. The molecule has 1 saturated heterocycles. The van der Waals surface area contributed by atoms with Gasteiger partial charge in [0, 0.05) is 39.8 Å². The summed E-state index contributed by atoms with van der Waals surface area (Å²) in [6.45, 7) is 7.50. The lowest BCUT2D eigenvalue weighted by atomic mass is 9.98. The number of pyridine rings is 1. The Kier molecular flexibility index (Phi) is 9.48. The van der Waals surface area contributed by atoms with Crippen molar-refractivity contribution < 1.29 is 0 Å². The molecular formula is C18H33IN6. The topological polar surface area (TPSA) is 55.8 Å². The molecule has 142 valence electrons. The highest BCUT2D eigenvalue weighted by Gasteiger charge is 2.24. The number of hydrogen-bond donors (Lipinski definition) is 2. The average molecular weight is 460 g/mol. The summed E-state index contributed by atoms with van der Waals surface area (Å²) in [6, 6.07) is 7.19. The number of anilines is 1. The Morgan fingerprint density at radius 2 is 2.16 bits per heavy atom. The van der Waals surface area contributed by atoms with Gasteiger partial charge in [-0.05, 0) is 38.4 Å². The first-order chi connectivity index (χ1) is 11.5. The van der Waals surface area contributed by atoms with Crippen LogP contribution in [-0.2, 0) is 6.54 Å². The van der Waals surface area contributed by atoms with Crippen LogP contribution in [0.25, 0.3) is 0 Å². The quantitative estimate of drug-likeness (QED) is 0.401. The summed E-state index contributed by atoms with van der Waals surface area (Å²) in [7, 11) is 5.83. The van der Waals surface area contributed by atoms with Crippen LogP contribution in [0, 0.1) is 0 Å². The molecule has 25 heavy (non-hydrogen) atoms. The average Bonchev–Trinajstić information content (AvgIpc) is 2.59. The van der Waals surface area contributed by atoms with E-state index in [0.29, 0.717) is 18.6 Å². The van der Waals surface area contributed by atoms with Crippen LogP contribution in [0.2, 0.25) is 0 Å². The van der Waals surface area contributed by atoms with Gasteiger partial charge in [-0.1, -0.05) is 13.0 Å². The van der Waals surface area contributed by atoms with Gasteiger partial charge in [0.15, 0.2) is 5.96 Å². The molecule has 1 aliphatic heterocycles. The van der Waals surface area contributed by atoms with Crippen molar-refractivity contribution in [3.8, 4) is 0 Å². The van der Waals surface area contributed by atoms with Crippen LogP contribution in [0.5, 0.6) is 0 Å². The van der Waals surface area contributed by atoms with Gasteiger partial charge in [0.2, 0.25) is 0 Å². The summed E-state index contributed by atoms with van der Waals surface area (Å²) in [4.78, 5) is 13.5. The van der Waals surface area contributed by atoms with Crippen molar-refractivity contribution in [1.82, 2.24) is 20.5 Å². The summed E-state index contributed by atoms with van der Waals surface area (Å²) in [5.41, 5.74) is 1.01. The molecule has 1 fully saturated rings. The van der Waals surface area contributed by atoms with Gasteiger partial charge in [-0.3, -0.25) is 4.99 Å². The van der Waals surface area contributed by atoms with E-state index in [4.69, 9.17) is 0 Å². The molecule has 1 aromatic heterocycles. The molecule has 2 rings (SSSR count). The monoisotopic (exact) mass is 460 g/mol. The molecule has 0 aromatic carbocycles. The summed E-state index contributed by atoms with van der Waals surface area (Å²) in [5, 5.41) is 6.95. The molecule has 0 bridgehead atoms. The predicted octanol–water partition coefficient (Wildman–Crippen LogP) is 2.30. The molecule has 0 radical (unpaired) electrons. The van der Waals surface area contributed by atoms with Crippen LogP contribution < -0.4 is 15.5 Å². The Hall–Kier alpha value is -1.09. The van der Waals surface area contributed by atoms with E-state index in [1.807, 2.05) is 44.2 Å². The van der Waals surface area contributed by atoms with Gasteiger partial charge in [0.05, 0.1) is 12.2 Å². The fraction of sp³-hybridized carbons (Fsp3) is 0.667. The minimum absolute atomic E-state index is 0. The second kappa shape index (κ2) is 10.8. The molecule has 1 aromatic rings. The maximum absolute atomic E-state index is 4.63. The Morgan fingerprint density at radius 1 is 1.40 bits per heavy atom. The number of hydrogen-bond acceptors (Lipinski definition) is 4. The highest BCUT2D eigenvalue weighted by Crippen LogP contribution is 2.16. The van der Waals surface area contributed by atoms with Gasteiger partial charge in [-0.15, -0.1) is 24.0 Å². The number of guanidine groups is 1. The van der Waals surface area contributed by atoms with Crippen LogP contribution in [0.1, 0.15) is 32.4 Å². The highest BCUT2D eigenvalue weighted by molar-refractivity contribution is 14.0. The third-order valence-electron chi connectivity index (χ3n) is 4.67. The van der Waals surface area contributed by atoms with Crippen molar-refractivity contribution in [2.45, 2.75) is 45.3 Å². The van der Waals surface area contributed by atoms with E-state index in [2.05, 4.69) is 39.4 Å². The van der Waals surface area contributed by atoms with Gasteiger partial charge in [0.25, 0.3) is 0 Å². The minimum atomic E-state index is 0. The van der Waals surface area contributed by atoms with Gasteiger partial charge in [0.1, 0.15) is 5.82 Å². The maximum atomic E-state index is 4.63. The zero-order valence-electron chi connectivity index (χ0n) is 16.1. The molecule has 2 unspecified atom stereocenters. The minimum Gasteiger partial charge on any atom is -0.363 e. The van der Waals surface area contributed by atoms with Crippen LogP contribution in [0.3, 0.4) is 0 Å². The van der Waals surface area contributed by atoms with Crippen LogP contribution in [0.15, 0.2) is 23.2 Å². The summed E-state index contributed by atoms with van der Waals surface area (Å²) in [5.74, 6) is 1.83. The molecule has 0 aliphatic carbocycles. The zero-order chi connectivity index (χ0) is 17.5. The Labute approximate surface area is 169 Å². The predicted molar refractivity (Wildman–Crippen MR) is 117 cm³/mol. The molecule has 0 saturated carbocycles. The second-order valence-corrected chi connectivity index (χ2v) is 6.65. The van der Waals surface area contributed by atoms with E-state index in [0.717, 1.165) is 43.4 Å². The number of nitrogens with one attached hydrogen (secondary N) is 2. The van der Waals surface area contributed by atoms with Crippen LogP contribution >= 0.6 is 24.0 Å². The number of aliphatic imine (C=N–C) groups is 1. The lowest BCUT2D eigenvalue weighted by Gasteiger charge is -2.37. The van der Waals surface area contributed by atoms with Crippen LogP contribution in [0.4, 0.5) is 5.82 Å². The second-order valence-electron chi connectivity index (χ2n) is 6.65. The number of nitrogens with zero attached hydrogens (tertiary/aromatic N) is 4. The van der Waals surface area contributed by atoms with E-state index in [1.54, 1.807) is 0 Å². The number of aromatic nitrogens is 1. The standard InChI is InChI=1S/C18H32N6.HI/c1-6-24-11-10-15(12-14(24)2)22-18(19-3)20-13-16-8-7-9-17(21-16)23(4)5;/h7-9,14-15H,6,10-13H2,1-5H3,(H2,19,20,22);1H.